The number of benzene rings is 1. The molecule has 0 spiro atoms. The highest BCUT2D eigenvalue weighted by atomic mass is 19.1. The Kier molecular flexibility index (Phi) is 7.29. The lowest BCUT2D eigenvalue weighted by atomic mass is 9.80. The molecule has 2 aliphatic rings. The molecule has 5 heteroatoms. The lowest BCUT2D eigenvalue weighted by Gasteiger charge is -2.34. The van der Waals surface area contributed by atoms with Crippen LogP contribution in [0.1, 0.15) is 96.2 Å². The molecule has 2 aliphatic carbocycles. The van der Waals surface area contributed by atoms with Gasteiger partial charge in [-0.1, -0.05) is 32.6 Å². The molecule has 2 fully saturated rings. The molecule has 4 nitrogen and oxygen atoms in total. The van der Waals surface area contributed by atoms with E-state index in [-0.39, 0.29) is 11.7 Å². The van der Waals surface area contributed by atoms with Crippen LogP contribution in [0.25, 0.3) is 11.0 Å². The molecule has 2 aromatic rings. The van der Waals surface area contributed by atoms with Crippen LogP contribution in [0.5, 0.6) is 0 Å². The fourth-order valence-electron chi connectivity index (χ4n) is 5.87. The van der Waals surface area contributed by atoms with Gasteiger partial charge >= 0.3 is 0 Å². The van der Waals surface area contributed by atoms with Gasteiger partial charge in [0.1, 0.15) is 11.6 Å². The Morgan fingerprint density at radius 1 is 1.10 bits per heavy atom. The van der Waals surface area contributed by atoms with Crippen molar-refractivity contribution in [1.82, 2.24) is 14.5 Å². The summed E-state index contributed by atoms with van der Waals surface area (Å²) in [6, 6.07) is 5.26. The molecular weight excluding hydrogens is 389 g/mol. The third kappa shape index (κ3) is 4.96. The molecule has 31 heavy (non-hydrogen) atoms. The molecule has 1 aromatic carbocycles. The number of aryl methyl sites for hydroxylation is 1. The van der Waals surface area contributed by atoms with E-state index in [2.05, 4.69) is 23.3 Å². The van der Waals surface area contributed by atoms with Gasteiger partial charge < -0.3 is 9.47 Å². The number of rotatable bonds is 7. The number of nitrogens with zero attached hydrogens (tertiary/aromatic N) is 3. The number of fused-ring (bicyclic) bond motifs is 1. The molecule has 0 radical (unpaired) electrons. The average molecular weight is 428 g/mol. The minimum absolute atomic E-state index is 0.230. The highest BCUT2D eigenvalue weighted by Gasteiger charge is 2.28. The van der Waals surface area contributed by atoms with Gasteiger partial charge in [-0.15, -0.1) is 0 Å². The summed E-state index contributed by atoms with van der Waals surface area (Å²) in [6.45, 7) is 5.73. The van der Waals surface area contributed by atoms with Crippen molar-refractivity contribution in [3.63, 3.8) is 0 Å². The van der Waals surface area contributed by atoms with Gasteiger partial charge in [0, 0.05) is 31.5 Å². The third-order valence-electron chi connectivity index (χ3n) is 7.75. The van der Waals surface area contributed by atoms with Crippen LogP contribution in [-0.4, -0.2) is 32.9 Å². The van der Waals surface area contributed by atoms with Crippen molar-refractivity contribution >= 4 is 16.9 Å². The fourth-order valence-corrected chi connectivity index (χ4v) is 5.87. The van der Waals surface area contributed by atoms with E-state index in [0.29, 0.717) is 24.9 Å². The van der Waals surface area contributed by atoms with Crippen molar-refractivity contribution < 1.29 is 9.18 Å². The lowest BCUT2D eigenvalue weighted by Crippen LogP contribution is -2.41. The number of carbonyl (C=O) groups is 1. The van der Waals surface area contributed by atoms with Gasteiger partial charge in [0.15, 0.2) is 0 Å². The van der Waals surface area contributed by atoms with Gasteiger partial charge in [-0.2, -0.15) is 0 Å². The summed E-state index contributed by atoms with van der Waals surface area (Å²) in [7, 11) is 0. The zero-order valence-electron chi connectivity index (χ0n) is 19.3. The highest BCUT2D eigenvalue weighted by Crippen LogP contribution is 2.38. The number of hydrogen-bond acceptors (Lipinski definition) is 2. The molecule has 0 atom stereocenters. The molecule has 0 unspecified atom stereocenters. The Labute approximate surface area is 186 Å². The van der Waals surface area contributed by atoms with Gasteiger partial charge in [-0.3, -0.25) is 4.79 Å². The van der Waals surface area contributed by atoms with E-state index in [1.54, 1.807) is 12.1 Å². The van der Waals surface area contributed by atoms with E-state index in [9.17, 15) is 9.18 Å². The second kappa shape index (κ2) is 10.1. The monoisotopic (exact) mass is 427 g/mol. The SMILES string of the molecule is CCN(C(=O)CCn1c2cc(F)ccc2nc1[C@H]1CC[C@H](CC)CC1)C1CCCCC1. The minimum atomic E-state index is -0.237. The van der Waals surface area contributed by atoms with E-state index in [4.69, 9.17) is 4.98 Å². The zero-order valence-corrected chi connectivity index (χ0v) is 19.3. The van der Waals surface area contributed by atoms with Gasteiger partial charge in [-0.25, -0.2) is 9.37 Å². The Hall–Kier alpha value is -1.91. The summed E-state index contributed by atoms with van der Waals surface area (Å²) in [5, 5.41) is 0. The number of carbonyl (C=O) groups excluding carboxylic acids is 1. The van der Waals surface area contributed by atoms with Crippen LogP contribution in [0.2, 0.25) is 0 Å². The maximum Gasteiger partial charge on any atom is 0.224 e. The van der Waals surface area contributed by atoms with Crippen LogP contribution in [0.4, 0.5) is 4.39 Å². The quantitative estimate of drug-likeness (QED) is 0.510. The summed E-state index contributed by atoms with van der Waals surface area (Å²) in [6.07, 6.45) is 12.5. The average Bonchev–Trinajstić information content (AvgIpc) is 3.16. The first kappa shape index (κ1) is 22.3. The first-order valence-corrected chi connectivity index (χ1v) is 12.6. The summed E-state index contributed by atoms with van der Waals surface area (Å²) in [4.78, 5) is 20.2. The highest BCUT2D eigenvalue weighted by molar-refractivity contribution is 5.78. The summed E-state index contributed by atoms with van der Waals surface area (Å²) in [5.41, 5.74) is 1.68. The van der Waals surface area contributed by atoms with Crippen LogP contribution in [-0.2, 0) is 11.3 Å². The predicted molar refractivity (Wildman–Crippen MR) is 124 cm³/mol. The van der Waals surface area contributed by atoms with Gasteiger partial charge in [-0.05, 0) is 69.6 Å². The third-order valence-corrected chi connectivity index (χ3v) is 7.75. The second-order valence-electron chi connectivity index (χ2n) is 9.60. The van der Waals surface area contributed by atoms with E-state index >= 15 is 0 Å². The zero-order chi connectivity index (χ0) is 21.8. The van der Waals surface area contributed by atoms with E-state index in [0.717, 1.165) is 55.0 Å². The van der Waals surface area contributed by atoms with E-state index in [1.165, 1.54) is 44.6 Å². The Morgan fingerprint density at radius 3 is 2.52 bits per heavy atom. The largest absolute Gasteiger partial charge is 0.340 e. The standard InChI is InChI=1S/C26H38FN3O/c1-3-19-10-12-20(13-11-19)26-28-23-15-14-21(27)18-24(23)30(26)17-16-25(31)29(4-2)22-8-6-5-7-9-22/h14-15,18-20,22H,3-13,16-17H2,1-2H3/t19-,20-. The Bertz CT molecular complexity index is 878. The summed E-state index contributed by atoms with van der Waals surface area (Å²) < 4.78 is 16.2. The van der Waals surface area contributed by atoms with Gasteiger partial charge in [0.05, 0.1) is 11.0 Å². The van der Waals surface area contributed by atoms with E-state index < -0.39 is 0 Å². The number of imidazole rings is 1. The number of aromatic nitrogens is 2. The molecule has 0 N–H and O–H groups in total. The number of halogens is 1. The normalized spacial score (nSPS) is 22.7. The molecular formula is C26H38FN3O. The number of hydrogen-bond donors (Lipinski definition) is 0. The fraction of sp³-hybridized carbons (Fsp3) is 0.692. The molecule has 4 rings (SSSR count). The molecule has 1 amide bonds. The van der Waals surface area contributed by atoms with Crippen LogP contribution < -0.4 is 0 Å². The lowest BCUT2D eigenvalue weighted by molar-refractivity contribution is -0.134. The molecule has 1 heterocycles. The summed E-state index contributed by atoms with van der Waals surface area (Å²) in [5.74, 6) is 2.28. The topological polar surface area (TPSA) is 38.1 Å². The van der Waals surface area contributed by atoms with Crippen molar-refractivity contribution in [3.8, 4) is 0 Å². The van der Waals surface area contributed by atoms with Crippen molar-refractivity contribution in [2.75, 3.05) is 6.54 Å². The van der Waals surface area contributed by atoms with Crippen LogP contribution in [0, 0.1) is 11.7 Å². The van der Waals surface area contributed by atoms with Crippen molar-refractivity contribution in [2.45, 2.75) is 103 Å². The van der Waals surface area contributed by atoms with Crippen molar-refractivity contribution in [2.24, 2.45) is 5.92 Å². The van der Waals surface area contributed by atoms with Crippen molar-refractivity contribution in [1.29, 1.82) is 0 Å². The minimum Gasteiger partial charge on any atom is -0.340 e. The molecule has 1 aromatic heterocycles. The predicted octanol–water partition coefficient (Wildman–Crippen LogP) is 6.43. The van der Waals surface area contributed by atoms with Crippen LogP contribution in [0.15, 0.2) is 18.2 Å². The molecule has 0 saturated heterocycles. The van der Waals surface area contributed by atoms with Gasteiger partial charge in [0.2, 0.25) is 5.91 Å². The van der Waals surface area contributed by atoms with E-state index in [1.807, 2.05) is 0 Å². The number of amides is 1. The molecule has 0 aliphatic heterocycles. The van der Waals surface area contributed by atoms with Gasteiger partial charge in [0.25, 0.3) is 0 Å². The Balaban J connectivity index is 1.54. The van der Waals surface area contributed by atoms with Crippen molar-refractivity contribution in [3.05, 3.63) is 29.8 Å². The van der Waals surface area contributed by atoms with Crippen LogP contribution >= 0.6 is 0 Å². The molecule has 2 saturated carbocycles. The first-order valence-electron chi connectivity index (χ1n) is 12.6. The first-order chi connectivity index (χ1) is 15.1. The second-order valence-corrected chi connectivity index (χ2v) is 9.60. The Morgan fingerprint density at radius 2 is 1.84 bits per heavy atom. The molecule has 0 bridgehead atoms. The molecule has 170 valence electrons. The van der Waals surface area contributed by atoms with Crippen LogP contribution in [0.3, 0.4) is 0 Å². The maximum atomic E-state index is 14.1. The maximum absolute atomic E-state index is 14.1. The smallest absolute Gasteiger partial charge is 0.224 e. The summed E-state index contributed by atoms with van der Waals surface area (Å²) >= 11 is 0.